The lowest BCUT2D eigenvalue weighted by Gasteiger charge is -2.28. The van der Waals surface area contributed by atoms with E-state index in [2.05, 4.69) is 22.5 Å². The second-order valence-corrected chi connectivity index (χ2v) is 8.30. The van der Waals surface area contributed by atoms with Crippen molar-refractivity contribution >= 4 is 22.7 Å². The molecule has 7 heteroatoms. The minimum absolute atomic E-state index is 0. The van der Waals surface area contributed by atoms with Crippen molar-refractivity contribution in [3.63, 3.8) is 0 Å². The van der Waals surface area contributed by atoms with Gasteiger partial charge in [0.25, 0.3) is 11.8 Å². The van der Waals surface area contributed by atoms with Crippen molar-refractivity contribution in [2.24, 2.45) is 14.1 Å². The van der Waals surface area contributed by atoms with Crippen molar-refractivity contribution in [3.05, 3.63) is 89.9 Å². The average Bonchev–Trinajstić information content (AvgIpc) is 3.41. The number of fused-ring (bicyclic) bond motifs is 1. The van der Waals surface area contributed by atoms with Crippen LogP contribution in [0.1, 0.15) is 34.4 Å². The summed E-state index contributed by atoms with van der Waals surface area (Å²) in [6.07, 6.45) is 3.16. The van der Waals surface area contributed by atoms with Crippen LogP contribution in [0.2, 0.25) is 0 Å². The van der Waals surface area contributed by atoms with Crippen LogP contribution in [0.3, 0.4) is 0 Å². The van der Waals surface area contributed by atoms with Gasteiger partial charge in [0.1, 0.15) is 5.69 Å². The summed E-state index contributed by atoms with van der Waals surface area (Å²) in [5.41, 5.74) is 3.12. The molecule has 4 aromatic rings. The van der Waals surface area contributed by atoms with Crippen LogP contribution >= 0.6 is 0 Å². The number of benzene rings is 2. The lowest BCUT2D eigenvalue weighted by Crippen LogP contribution is -2.41. The van der Waals surface area contributed by atoms with E-state index in [1.807, 2.05) is 75.9 Å². The minimum atomic E-state index is -0.124. The largest absolute Gasteiger partial charge is 0.351 e. The maximum absolute atomic E-state index is 13.5. The van der Waals surface area contributed by atoms with E-state index in [-0.39, 0.29) is 19.3 Å². The van der Waals surface area contributed by atoms with Gasteiger partial charge in [-0.1, -0.05) is 48.5 Å². The fourth-order valence-corrected chi connectivity index (χ4v) is 4.16. The summed E-state index contributed by atoms with van der Waals surface area (Å²) in [5.74, 6) is -0.243. The Morgan fingerprint density at radius 3 is 2.48 bits per heavy atom. The summed E-state index contributed by atoms with van der Waals surface area (Å²) in [7, 11) is 5.51. The fourth-order valence-electron chi connectivity index (χ4n) is 4.16. The van der Waals surface area contributed by atoms with E-state index >= 15 is 0 Å². The standard InChI is InChI=1S/C26H29N5O2.H2/c1-29-17-9-14-23(29)25(32)27-16-15-20(18-19-10-5-4-6-11-19)30(2)26(33)24-21-12-7-8-13-22(21)31(3)28-24;/h4-14,17,20H,15-16,18H2,1-3H3,(H,27,32);1H/t20-;/m1./s1. The third kappa shape index (κ3) is 4.82. The first kappa shape index (κ1) is 22.3. The molecule has 1 atom stereocenters. The van der Waals surface area contributed by atoms with Crippen LogP contribution in [0, 0.1) is 0 Å². The molecular formula is C26H31N5O2. The Morgan fingerprint density at radius 1 is 1.03 bits per heavy atom. The molecule has 0 fully saturated rings. The highest BCUT2D eigenvalue weighted by Crippen LogP contribution is 2.21. The number of aryl methyl sites for hydroxylation is 2. The summed E-state index contributed by atoms with van der Waals surface area (Å²) < 4.78 is 3.53. The van der Waals surface area contributed by atoms with Gasteiger partial charge in [-0.25, -0.2) is 0 Å². The highest BCUT2D eigenvalue weighted by atomic mass is 16.2. The number of carbonyl (C=O) groups excluding carboxylic acids is 2. The van der Waals surface area contributed by atoms with Gasteiger partial charge in [-0.2, -0.15) is 5.10 Å². The van der Waals surface area contributed by atoms with E-state index in [1.165, 1.54) is 0 Å². The zero-order chi connectivity index (χ0) is 23.4. The van der Waals surface area contributed by atoms with Crippen LogP contribution in [0.25, 0.3) is 10.9 Å². The number of hydrogen-bond acceptors (Lipinski definition) is 3. The molecule has 0 aliphatic heterocycles. The van der Waals surface area contributed by atoms with Gasteiger partial charge < -0.3 is 14.8 Å². The van der Waals surface area contributed by atoms with Crippen LogP contribution in [-0.4, -0.2) is 50.7 Å². The van der Waals surface area contributed by atoms with E-state index in [0.717, 1.165) is 16.5 Å². The van der Waals surface area contributed by atoms with Gasteiger partial charge in [-0.15, -0.1) is 0 Å². The Balaban J connectivity index is 0.00000324. The maximum atomic E-state index is 13.5. The first-order chi connectivity index (χ1) is 16.0. The third-order valence-electron chi connectivity index (χ3n) is 6.08. The molecule has 172 valence electrons. The Hall–Kier alpha value is -3.87. The van der Waals surface area contributed by atoms with Crippen molar-refractivity contribution < 1.29 is 11.0 Å². The van der Waals surface area contributed by atoms with Crippen molar-refractivity contribution in [2.75, 3.05) is 13.6 Å². The summed E-state index contributed by atoms with van der Waals surface area (Å²) in [6, 6.07) is 21.4. The van der Waals surface area contributed by atoms with E-state index < -0.39 is 0 Å². The summed E-state index contributed by atoms with van der Waals surface area (Å²) in [5, 5.41) is 8.34. The molecule has 4 rings (SSSR count). The monoisotopic (exact) mass is 445 g/mol. The van der Waals surface area contributed by atoms with Crippen molar-refractivity contribution in [3.8, 4) is 0 Å². The number of amides is 2. The first-order valence-corrected chi connectivity index (χ1v) is 11.1. The lowest BCUT2D eigenvalue weighted by atomic mass is 10.0. The molecule has 0 radical (unpaired) electrons. The van der Waals surface area contributed by atoms with Crippen molar-refractivity contribution in [2.45, 2.75) is 18.9 Å². The molecule has 2 aromatic heterocycles. The van der Waals surface area contributed by atoms with Crippen LogP contribution in [0.4, 0.5) is 0 Å². The van der Waals surface area contributed by atoms with Crippen LogP contribution in [0.5, 0.6) is 0 Å². The molecule has 2 amide bonds. The van der Waals surface area contributed by atoms with Crippen LogP contribution < -0.4 is 5.32 Å². The molecule has 33 heavy (non-hydrogen) atoms. The normalized spacial score (nSPS) is 12.0. The summed E-state index contributed by atoms with van der Waals surface area (Å²) >= 11 is 0. The number of likely N-dealkylation sites (N-methyl/N-ethyl adjacent to an activating group) is 1. The second-order valence-electron chi connectivity index (χ2n) is 8.30. The van der Waals surface area contributed by atoms with E-state index in [0.29, 0.717) is 30.8 Å². The van der Waals surface area contributed by atoms with Gasteiger partial charge in [0.15, 0.2) is 5.69 Å². The Bertz CT molecular complexity index is 1260. The highest BCUT2D eigenvalue weighted by Gasteiger charge is 2.25. The summed E-state index contributed by atoms with van der Waals surface area (Å²) in [6.45, 7) is 0.460. The van der Waals surface area contributed by atoms with E-state index in [9.17, 15) is 9.59 Å². The molecule has 0 bridgehead atoms. The topological polar surface area (TPSA) is 72.2 Å². The maximum Gasteiger partial charge on any atom is 0.275 e. The van der Waals surface area contributed by atoms with E-state index in [1.54, 1.807) is 20.2 Å². The first-order valence-electron chi connectivity index (χ1n) is 11.1. The smallest absolute Gasteiger partial charge is 0.275 e. The minimum Gasteiger partial charge on any atom is -0.351 e. The number of hydrogen-bond donors (Lipinski definition) is 1. The quantitative estimate of drug-likeness (QED) is 0.450. The molecule has 7 nitrogen and oxygen atoms in total. The van der Waals surface area contributed by atoms with Gasteiger partial charge in [0, 0.05) is 46.7 Å². The molecule has 0 saturated heterocycles. The number of nitrogens with one attached hydrogen (secondary N) is 1. The zero-order valence-corrected chi connectivity index (χ0v) is 19.2. The molecular weight excluding hydrogens is 414 g/mol. The predicted molar refractivity (Wildman–Crippen MR) is 131 cm³/mol. The molecule has 0 aliphatic rings. The SMILES string of the molecule is CN(C(=O)c1nn(C)c2ccccc12)[C@H](CCNC(=O)c1cccn1C)Cc1ccccc1.[HH]. The highest BCUT2D eigenvalue weighted by molar-refractivity contribution is 6.04. The molecule has 0 aliphatic carbocycles. The van der Waals surface area contributed by atoms with Gasteiger partial charge >= 0.3 is 0 Å². The third-order valence-corrected chi connectivity index (χ3v) is 6.08. The molecule has 2 aromatic carbocycles. The molecule has 0 saturated carbocycles. The van der Waals surface area contributed by atoms with Crippen molar-refractivity contribution in [1.29, 1.82) is 0 Å². The van der Waals surface area contributed by atoms with Crippen LogP contribution in [0.15, 0.2) is 72.9 Å². The number of para-hydroxylation sites is 1. The Labute approximate surface area is 195 Å². The fraction of sp³-hybridized carbons (Fsp3) is 0.269. The predicted octanol–water partition coefficient (Wildman–Crippen LogP) is 3.66. The van der Waals surface area contributed by atoms with E-state index in [4.69, 9.17) is 0 Å². The average molecular weight is 446 g/mol. The summed E-state index contributed by atoms with van der Waals surface area (Å²) in [4.78, 5) is 27.8. The Kier molecular flexibility index (Phi) is 6.58. The van der Waals surface area contributed by atoms with Gasteiger partial charge in [-0.3, -0.25) is 14.3 Å². The molecule has 0 spiro atoms. The van der Waals surface area contributed by atoms with Crippen molar-refractivity contribution in [1.82, 2.24) is 24.6 Å². The number of aromatic nitrogens is 3. The Morgan fingerprint density at radius 2 is 1.76 bits per heavy atom. The van der Waals surface area contributed by atoms with Gasteiger partial charge in [-0.05, 0) is 36.6 Å². The lowest BCUT2D eigenvalue weighted by molar-refractivity contribution is 0.0718. The van der Waals surface area contributed by atoms with Crippen LogP contribution in [-0.2, 0) is 20.5 Å². The molecule has 1 N–H and O–H groups in total. The number of rotatable bonds is 8. The number of nitrogens with zero attached hydrogens (tertiary/aromatic N) is 4. The van der Waals surface area contributed by atoms with Gasteiger partial charge in [0.05, 0.1) is 5.52 Å². The molecule has 0 unspecified atom stereocenters. The number of carbonyl (C=O) groups is 2. The van der Waals surface area contributed by atoms with Gasteiger partial charge in [0.2, 0.25) is 0 Å². The molecule has 2 heterocycles. The zero-order valence-electron chi connectivity index (χ0n) is 19.2. The second kappa shape index (κ2) is 9.73.